The number of nitrogens with one attached hydrogen (secondary N) is 1. The Kier molecular flexibility index (Phi) is 6.48. The van der Waals surface area contributed by atoms with E-state index in [1.54, 1.807) is 41.3 Å². The molecule has 0 atom stereocenters. The molecule has 1 amide bonds. The van der Waals surface area contributed by atoms with Crippen molar-refractivity contribution in [3.05, 3.63) is 97.8 Å². The lowest BCUT2D eigenvalue weighted by atomic mass is 10.0. The van der Waals surface area contributed by atoms with Crippen LogP contribution in [0.2, 0.25) is 0 Å². The van der Waals surface area contributed by atoms with Crippen LogP contribution >= 0.6 is 15.9 Å². The summed E-state index contributed by atoms with van der Waals surface area (Å²) in [6.07, 6.45) is 1.84. The smallest absolute Gasteiger partial charge is 0.272 e. The van der Waals surface area contributed by atoms with E-state index in [1.807, 2.05) is 17.0 Å². The molecule has 0 spiro atoms. The monoisotopic (exact) mass is 546 g/mol. The fourth-order valence-corrected chi connectivity index (χ4v) is 4.68. The molecule has 2 aromatic heterocycles. The van der Waals surface area contributed by atoms with Gasteiger partial charge in [-0.2, -0.15) is 10.4 Å². The van der Waals surface area contributed by atoms with E-state index in [1.165, 1.54) is 12.3 Å². The van der Waals surface area contributed by atoms with Gasteiger partial charge in [-0.05, 0) is 48.0 Å². The molecule has 5 rings (SSSR count). The van der Waals surface area contributed by atoms with Gasteiger partial charge in [-0.3, -0.25) is 9.59 Å². The van der Waals surface area contributed by atoms with Gasteiger partial charge in [0.1, 0.15) is 17.7 Å². The lowest BCUT2D eigenvalue weighted by Crippen LogP contribution is -2.49. The third-order valence-electron chi connectivity index (χ3n) is 6.23. The number of aromatic amines is 1. The molecule has 36 heavy (non-hydrogen) atoms. The number of amides is 1. The largest absolute Gasteiger partial charge is 0.353 e. The quantitative estimate of drug-likeness (QED) is 0.418. The number of nitriles is 1. The van der Waals surface area contributed by atoms with Crippen LogP contribution in [0.25, 0.3) is 10.8 Å². The van der Waals surface area contributed by atoms with Crippen LogP contribution in [0.4, 0.5) is 10.2 Å². The summed E-state index contributed by atoms with van der Waals surface area (Å²) in [5, 5.41) is 16.9. The normalized spacial score (nSPS) is 13.6. The topological polar surface area (TPSA) is 106 Å². The molecule has 0 radical (unpaired) electrons. The van der Waals surface area contributed by atoms with Crippen LogP contribution < -0.4 is 10.5 Å². The molecular weight excluding hydrogens is 527 g/mol. The lowest BCUT2D eigenvalue weighted by molar-refractivity contribution is 0.0741. The summed E-state index contributed by atoms with van der Waals surface area (Å²) in [4.78, 5) is 33.3. The molecule has 180 valence electrons. The van der Waals surface area contributed by atoms with Gasteiger partial charge in [-0.25, -0.2) is 14.5 Å². The molecule has 1 aliphatic rings. The van der Waals surface area contributed by atoms with Crippen molar-refractivity contribution in [2.75, 3.05) is 31.1 Å². The van der Waals surface area contributed by atoms with Crippen molar-refractivity contribution in [3.63, 3.8) is 0 Å². The molecule has 1 fully saturated rings. The van der Waals surface area contributed by atoms with E-state index >= 15 is 0 Å². The van der Waals surface area contributed by atoms with Crippen molar-refractivity contribution in [3.8, 4) is 6.07 Å². The second-order valence-corrected chi connectivity index (χ2v) is 9.39. The van der Waals surface area contributed by atoms with Gasteiger partial charge in [0, 0.05) is 48.7 Å². The van der Waals surface area contributed by atoms with Crippen molar-refractivity contribution >= 4 is 38.4 Å². The van der Waals surface area contributed by atoms with E-state index in [0.717, 1.165) is 10.3 Å². The molecule has 8 nitrogen and oxygen atoms in total. The maximum atomic E-state index is 14.7. The number of hydrogen-bond donors (Lipinski definition) is 1. The minimum absolute atomic E-state index is 0.00681. The average molecular weight is 547 g/mol. The Balaban J connectivity index is 1.33. The zero-order valence-electron chi connectivity index (χ0n) is 19.0. The molecule has 0 unspecified atom stereocenters. The fourth-order valence-electron chi connectivity index (χ4n) is 4.31. The number of carbonyl (C=O) groups is 1. The summed E-state index contributed by atoms with van der Waals surface area (Å²) < 4.78 is 15.5. The van der Waals surface area contributed by atoms with Gasteiger partial charge in [0.05, 0.1) is 22.2 Å². The molecule has 0 aliphatic carbocycles. The fraction of sp³-hybridized carbons (Fsp3) is 0.192. The van der Waals surface area contributed by atoms with Gasteiger partial charge in [0.25, 0.3) is 11.5 Å². The summed E-state index contributed by atoms with van der Waals surface area (Å²) in [5.41, 5.74) is 1.54. The third kappa shape index (κ3) is 4.70. The first-order valence-electron chi connectivity index (χ1n) is 11.3. The summed E-state index contributed by atoms with van der Waals surface area (Å²) in [7, 11) is 0. The summed E-state index contributed by atoms with van der Waals surface area (Å²) in [6.45, 7) is 1.94. The molecule has 2 aromatic carbocycles. The second-order valence-electron chi connectivity index (χ2n) is 8.48. The van der Waals surface area contributed by atoms with Crippen LogP contribution in [0.15, 0.2) is 64.0 Å². The lowest BCUT2D eigenvalue weighted by Gasteiger charge is -2.35. The molecule has 4 aromatic rings. The van der Waals surface area contributed by atoms with Crippen LogP contribution in [-0.2, 0) is 6.42 Å². The zero-order chi connectivity index (χ0) is 25.2. The number of anilines is 1. The number of benzene rings is 2. The highest BCUT2D eigenvalue weighted by Gasteiger charge is 2.25. The van der Waals surface area contributed by atoms with Gasteiger partial charge in [-0.15, -0.1) is 0 Å². The van der Waals surface area contributed by atoms with Gasteiger partial charge in [0.2, 0.25) is 0 Å². The van der Waals surface area contributed by atoms with Crippen molar-refractivity contribution in [1.82, 2.24) is 20.1 Å². The van der Waals surface area contributed by atoms with Gasteiger partial charge in [0.15, 0.2) is 0 Å². The number of pyridine rings is 1. The Morgan fingerprint density at radius 1 is 1.08 bits per heavy atom. The Morgan fingerprint density at radius 2 is 1.89 bits per heavy atom. The first kappa shape index (κ1) is 23.6. The Labute approximate surface area is 214 Å². The number of fused-ring (bicyclic) bond motifs is 1. The van der Waals surface area contributed by atoms with Crippen LogP contribution in [0.5, 0.6) is 0 Å². The molecule has 3 heterocycles. The average Bonchev–Trinajstić information content (AvgIpc) is 2.91. The van der Waals surface area contributed by atoms with Crippen LogP contribution in [0.1, 0.15) is 27.2 Å². The number of hydrogen-bond acceptors (Lipinski definition) is 6. The van der Waals surface area contributed by atoms with Gasteiger partial charge >= 0.3 is 0 Å². The highest BCUT2D eigenvalue weighted by molar-refractivity contribution is 9.10. The molecule has 0 saturated carbocycles. The summed E-state index contributed by atoms with van der Waals surface area (Å²) in [6, 6.07) is 15.3. The van der Waals surface area contributed by atoms with E-state index in [9.17, 15) is 14.0 Å². The Morgan fingerprint density at radius 3 is 2.61 bits per heavy atom. The van der Waals surface area contributed by atoms with Crippen molar-refractivity contribution in [2.24, 2.45) is 0 Å². The van der Waals surface area contributed by atoms with Gasteiger partial charge < -0.3 is 9.80 Å². The van der Waals surface area contributed by atoms with E-state index in [0.29, 0.717) is 60.2 Å². The van der Waals surface area contributed by atoms with E-state index in [4.69, 9.17) is 5.26 Å². The number of carbonyl (C=O) groups excluding carboxylic acids is 1. The molecule has 0 bridgehead atoms. The first-order chi connectivity index (χ1) is 17.4. The Hall–Kier alpha value is -4.10. The highest BCUT2D eigenvalue weighted by atomic mass is 79.9. The maximum Gasteiger partial charge on any atom is 0.272 e. The number of piperazine rings is 1. The molecule has 10 heteroatoms. The standard InChI is InChI=1S/C26H20BrFN6O2/c27-18-3-4-19-20(13-18)23(31-32-25(19)35)12-16-1-5-22(28)21(11-16)26(36)34-9-7-33(8-10-34)24-6-2-17(14-29)15-30-24/h1-6,11,13,15H,7-10,12H2,(H,32,35). The zero-order valence-corrected chi connectivity index (χ0v) is 20.6. The van der Waals surface area contributed by atoms with E-state index in [-0.39, 0.29) is 17.0 Å². The number of halogens is 2. The number of H-pyrrole nitrogens is 1. The minimum atomic E-state index is -0.582. The van der Waals surface area contributed by atoms with Crippen molar-refractivity contribution in [2.45, 2.75) is 6.42 Å². The van der Waals surface area contributed by atoms with Crippen LogP contribution in [-0.4, -0.2) is 52.2 Å². The van der Waals surface area contributed by atoms with E-state index in [2.05, 4.69) is 31.1 Å². The SMILES string of the molecule is N#Cc1ccc(N2CCN(C(=O)c3cc(Cc4n[nH]c(=O)c5ccc(Br)cc45)ccc3F)CC2)nc1. The molecule has 1 saturated heterocycles. The maximum absolute atomic E-state index is 14.7. The number of rotatable bonds is 4. The highest BCUT2D eigenvalue weighted by Crippen LogP contribution is 2.23. The first-order valence-corrected chi connectivity index (χ1v) is 12.1. The number of nitrogens with zero attached hydrogens (tertiary/aromatic N) is 5. The predicted molar refractivity (Wildman–Crippen MR) is 136 cm³/mol. The minimum Gasteiger partial charge on any atom is -0.353 e. The van der Waals surface area contributed by atoms with Crippen LogP contribution in [0.3, 0.4) is 0 Å². The summed E-state index contributed by atoms with van der Waals surface area (Å²) in [5.74, 6) is -0.215. The molecular formula is C26H20BrFN6O2. The summed E-state index contributed by atoms with van der Waals surface area (Å²) >= 11 is 3.43. The molecule has 1 aliphatic heterocycles. The number of aromatic nitrogens is 3. The van der Waals surface area contributed by atoms with Crippen molar-refractivity contribution in [1.29, 1.82) is 5.26 Å². The second kappa shape index (κ2) is 9.87. The Bertz CT molecular complexity index is 1560. The van der Waals surface area contributed by atoms with Crippen LogP contribution in [0, 0.1) is 17.1 Å². The molecule has 1 N–H and O–H groups in total. The van der Waals surface area contributed by atoms with E-state index < -0.39 is 5.82 Å². The predicted octanol–water partition coefficient (Wildman–Crippen LogP) is 3.64. The third-order valence-corrected chi connectivity index (χ3v) is 6.72. The van der Waals surface area contributed by atoms with Crippen molar-refractivity contribution < 1.29 is 9.18 Å². The van der Waals surface area contributed by atoms with Gasteiger partial charge in [-0.1, -0.05) is 22.0 Å².